The van der Waals surface area contributed by atoms with Crippen molar-refractivity contribution in [2.24, 2.45) is 0 Å². The highest BCUT2D eigenvalue weighted by Gasteiger charge is 2.13. The molecule has 0 radical (unpaired) electrons. The number of halogens is 1. The van der Waals surface area contributed by atoms with Crippen LogP contribution in [0.2, 0.25) is 0 Å². The summed E-state index contributed by atoms with van der Waals surface area (Å²) in [6, 6.07) is 42.7. The molecule has 0 N–H and O–H groups in total. The lowest BCUT2D eigenvalue weighted by Gasteiger charge is -2.25. The lowest BCUT2D eigenvalue weighted by atomic mass is 9.98. The Morgan fingerprint density at radius 3 is 1.93 bits per heavy atom. The van der Waals surface area contributed by atoms with Crippen LogP contribution in [-0.4, -0.2) is 0 Å². The zero-order valence-electron chi connectivity index (χ0n) is 16.4. The van der Waals surface area contributed by atoms with Crippen LogP contribution in [0.1, 0.15) is 0 Å². The fraction of sp³-hybridized carbons (Fsp3) is 0. The van der Waals surface area contributed by atoms with E-state index in [1.54, 1.807) is 0 Å². The SMILES string of the molecule is Brc1cccc(N(c2ccccc2)c2ccc(-c3cccc4ccccc34)cc2)c1. The van der Waals surface area contributed by atoms with Crippen molar-refractivity contribution in [3.8, 4) is 11.1 Å². The summed E-state index contributed by atoms with van der Waals surface area (Å²) in [6.45, 7) is 0. The van der Waals surface area contributed by atoms with Crippen LogP contribution in [0.15, 0.2) is 126 Å². The largest absolute Gasteiger partial charge is 0.310 e. The van der Waals surface area contributed by atoms with Crippen molar-refractivity contribution in [2.75, 3.05) is 4.90 Å². The van der Waals surface area contributed by atoms with Crippen molar-refractivity contribution >= 4 is 43.8 Å². The first-order valence-corrected chi connectivity index (χ1v) is 10.8. The van der Waals surface area contributed by atoms with Crippen LogP contribution in [0.5, 0.6) is 0 Å². The van der Waals surface area contributed by atoms with Crippen molar-refractivity contribution in [1.82, 2.24) is 0 Å². The van der Waals surface area contributed by atoms with Gasteiger partial charge in [0.1, 0.15) is 0 Å². The van der Waals surface area contributed by atoms with Gasteiger partial charge in [0.25, 0.3) is 0 Å². The van der Waals surface area contributed by atoms with Gasteiger partial charge in [0.05, 0.1) is 0 Å². The minimum atomic E-state index is 1.06. The molecule has 0 saturated carbocycles. The van der Waals surface area contributed by atoms with Crippen LogP contribution < -0.4 is 4.90 Å². The van der Waals surface area contributed by atoms with E-state index in [9.17, 15) is 0 Å². The van der Waals surface area contributed by atoms with Crippen LogP contribution in [0, 0.1) is 0 Å². The molecule has 30 heavy (non-hydrogen) atoms. The summed E-state index contributed by atoms with van der Waals surface area (Å²) < 4.78 is 1.06. The van der Waals surface area contributed by atoms with Gasteiger partial charge in [0.2, 0.25) is 0 Å². The van der Waals surface area contributed by atoms with Gasteiger partial charge < -0.3 is 4.90 Å². The minimum absolute atomic E-state index is 1.06. The first-order valence-electron chi connectivity index (χ1n) is 9.98. The molecule has 0 spiro atoms. The molecule has 0 aliphatic carbocycles. The molecule has 1 nitrogen and oxygen atoms in total. The molecule has 5 aromatic rings. The molecule has 0 aliphatic rings. The van der Waals surface area contributed by atoms with Crippen LogP contribution in [0.3, 0.4) is 0 Å². The molecule has 0 heterocycles. The number of para-hydroxylation sites is 1. The maximum absolute atomic E-state index is 3.61. The zero-order chi connectivity index (χ0) is 20.3. The van der Waals surface area contributed by atoms with E-state index in [1.807, 2.05) is 6.07 Å². The predicted octanol–water partition coefficient (Wildman–Crippen LogP) is 8.74. The van der Waals surface area contributed by atoms with Crippen molar-refractivity contribution in [3.63, 3.8) is 0 Å². The number of nitrogens with zero attached hydrogens (tertiary/aromatic N) is 1. The Hall–Kier alpha value is -3.36. The fourth-order valence-corrected chi connectivity index (χ4v) is 4.29. The molecule has 0 aliphatic heterocycles. The predicted molar refractivity (Wildman–Crippen MR) is 132 cm³/mol. The summed E-state index contributed by atoms with van der Waals surface area (Å²) in [5, 5.41) is 2.54. The molecule has 0 unspecified atom stereocenters. The Balaban J connectivity index is 1.60. The van der Waals surface area contributed by atoms with E-state index >= 15 is 0 Å². The second kappa shape index (κ2) is 8.17. The highest BCUT2D eigenvalue weighted by molar-refractivity contribution is 9.10. The van der Waals surface area contributed by atoms with E-state index in [4.69, 9.17) is 0 Å². The minimum Gasteiger partial charge on any atom is -0.310 e. The van der Waals surface area contributed by atoms with Crippen molar-refractivity contribution in [3.05, 3.63) is 126 Å². The summed E-state index contributed by atoms with van der Waals surface area (Å²) in [7, 11) is 0. The maximum Gasteiger partial charge on any atom is 0.0472 e. The quantitative estimate of drug-likeness (QED) is 0.265. The molecule has 2 heteroatoms. The average Bonchev–Trinajstić information content (AvgIpc) is 2.80. The molecule has 0 bridgehead atoms. The maximum atomic E-state index is 3.61. The van der Waals surface area contributed by atoms with Gasteiger partial charge in [-0.25, -0.2) is 0 Å². The Bertz CT molecular complexity index is 1290. The third-order valence-corrected chi connectivity index (χ3v) is 5.80. The van der Waals surface area contributed by atoms with Gasteiger partial charge in [-0.3, -0.25) is 0 Å². The Morgan fingerprint density at radius 2 is 1.13 bits per heavy atom. The fourth-order valence-electron chi connectivity index (χ4n) is 3.91. The van der Waals surface area contributed by atoms with E-state index in [1.165, 1.54) is 21.9 Å². The number of anilines is 3. The third kappa shape index (κ3) is 3.62. The smallest absolute Gasteiger partial charge is 0.0472 e. The first kappa shape index (κ1) is 18.7. The summed E-state index contributed by atoms with van der Waals surface area (Å²) in [5.74, 6) is 0. The van der Waals surface area contributed by atoms with Crippen LogP contribution in [0.25, 0.3) is 21.9 Å². The highest BCUT2D eigenvalue weighted by Crippen LogP contribution is 2.37. The van der Waals surface area contributed by atoms with Gasteiger partial charge in [0.15, 0.2) is 0 Å². The summed E-state index contributed by atoms with van der Waals surface area (Å²) in [5.41, 5.74) is 5.86. The monoisotopic (exact) mass is 449 g/mol. The standard InChI is InChI=1S/C28H20BrN/c29-23-10-7-13-26(20-23)30(24-11-2-1-3-12-24)25-18-16-22(17-19-25)28-15-6-9-21-8-4-5-14-27(21)28/h1-20H. The molecule has 0 saturated heterocycles. The van der Waals surface area contributed by atoms with Gasteiger partial charge in [-0.2, -0.15) is 0 Å². The molecular formula is C28H20BrN. The van der Waals surface area contributed by atoms with Crippen LogP contribution in [0.4, 0.5) is 17.1 Å². The van der Waals surface area contributed by atoms with E-state index in [0.717, 1.165) is 21.5 Å². The van der Waals surface area contributed by atoms with Gasteiger partial charge in [-0.1, -0.05) is 94.8 Å². The van der Waals surface area contributed by atoms with E-state index in [-0.39, 0.29) is 0 Å². The lowest BCUT2D eigenvalue weighted by Crippen LogP contribution is -2.09. The summed E-state index contributed by atoms with van der Waals surface area (Å²) in [6.07, 6.45) is 0. The molecule has 5 aromatic carbocycles. The molecule has 0 fully saturated rings. The van der Waals surface area contributed by atoms with Crippen LogP contribution >= 0.6 is 15.9 Å². The molecule has 0 aromatic heterocycles. The topological polar surface area (TPSA) is 3.24 Å². The molecular weight excluding hydrogens is 430 g/mol. The molecule has 0 amide bonds. The Kier molecular flexibility index (Phi) is 5.08. The number of hydrogen-bond acceptors (Lipinski definition) is 1. The average molecular weight is 450 g/mol. The normalized spacial score (nSPS) is 10.8. The lowest BCUT2D eigenvalue weighted by molar-refractivity contribution is 1.28. The number of hydrogen-bond donors (Lipinski definition) is 0. The van der Waals surface area contributed by atoms with Gasteiger partial charge in [0, 0.05) is 21.5 Å². The molecule has 5 rings (SSSR count). The van der Waals surface area contributed by atoms with Crippen LogP contribution in [-0.2, 0) is 0 Å². The second-order valence-corrected chi connectivity index (χ2v) is 8.14. The van der Waals surface area contributed by atoms with Gasteiger partial charge in [-0.15, -0.1) is 0 Å². The summed E-state index contributed by atoms with van der Waals surface area (Å²) in [4.78, 5) is 2.28. The highest BCUT2D eigenvalue weighted by atomic mass is 79.9. The molecule has 144 valence electrons. The van der Waals surface area contributed by atoms with E-state index in [0.29, 0.717) is 0 Å². The van der Waals surface area contributed by atoms with Gasteiger partial charge in [-0.05, 0) is 64.4 Å². The number of rotatable bonds is 4. The van der Waals surface area contributed by atoms with Crippen molar-refractivity contribution < 1.29 is 0 Å². The number of fused-ring (bicyclic) bond motifs is 1. The third-order valence-electron chi connectivity index (χ3n) is 5.31. The van der Waals surface area contributed by atoms with E-state index < -0.39 is 0 Å². The van der Waals surface area contributed by atoms with E-state index in [2.05, 4.69) is 136 Å². The van der Waals surface area contributed by atoms with Crippen molar-refractivity contribution in [1.29, 1.82) is 0 Å². The summed E-state index contributed by atoms with van der Waals surface area (Å²) >= 11 is 3.61. The first-order chi connectivity index (χ1) is 14.8. The Labute approximate surface area is 185 Å². The Morgan fingerprint density at radius 1 is 0.500 bits per heavy atom. The second-order valence-electron chi connectivity index (χ2n) is 7.22. The van der Waals surface area contributed by atoms with Gasteiger partial charge >= 0.3 is 0 Å². The number of benzene rings is 5. The molecule has 0 atom stereocenters. The van der Waals surface area contributed by atoms with Crippen molar-refractivity contribution in [2.45, 2.75) is 0 Å². The zero-order valence-corrected chi connectivity index (χ0v) is 18.0.